The molecule has 1 atom stereocenters. The van der Waals surface area contributed by atoms with E-state index in [1.807, 2.05) is 30.3 Å². The molecule has 1 N–H and O–H groups in total. The molecule has 0 aliphatic rings. The summed E-state index contributed by atoms with van der Waals surface area (Å²) < 4.78 is 5.92. The first-order valence-corrected chi connectivity index (χ1v) is 6.65. The molecule has 1 aromatic carbocycles. The lowest BCUT2D eigenvalue weighted by atomic mass is 10.1. The standard InChI is InChI=1S/C16H20N2O/c1-3-18-13(2)15-6-4-5-7-16(15)19-12-14-8-10-17-11-9-14/h4-11,13,18H,3,12H2,1-2H3. The number of para-hydroxylation sites is 1. The van der Waals surface area contributed by atoms with Gasteiger partial charge in [0.1, 0.15) is 12.4 Å². The topological polar surface area (TPSA) is 34.1 Å². The average molecular weight is 256 g/mol. The van der Waals surface area contributed by atoms with Crippen molar-refractivity contribution in [2.75, 3.05) is 6.54 Å². The van der Waals surface area contributed by atoms with Gasteiger partial charge in [-0.05, 0) is 37.2 Å². The molecule has 1 aromatic heterocycles. The molecule has 100 valence electrons. The molecule has 0 fully saturated rings. The highest BCUT2D eigenvalue weighted by atomic mass is 16.5. The lowest BCUT2D eigenvalue weighted by molar-refractivity contribution is 0.300. The zero-order valence-corrected chi connectivity index (χ0v) is 11.5. The van der Waals surface area contributed by atoms with E-state index in [-0.39, 0.29) is 0 Å². The summed E-state index contributed by atoms with van der Waals surface area (Å²) in [5, 5.41) is 3.41. The first-order chi connectivity index (χ1) is 9.31. The molecule has 0 radical (unpaired) electrons. The molecule has 2 rings (SSSR count). The largest absolute Gasteiger partial charge is 0.489 e. The highest BCUT2D eigenvalue weighted by molar-refractivity contribution is 5.35. The minimum atomic E-state index is 0.290. The molecule has 3 nitrogen and oxygen atoms in total. The Bertz CT molecular complexity index is 499. The summed E-state index contributed by atoms with van der Waals surface area (Å²) in [7, 11) is 0. The predicted molar refractivity (Wildman–Crippen MR) is 77.1 cm³/mol. The molecular formula is C16H20N2O. The highest BCUT2D eigenvalue weighted by Gasteiger charge is 2.09. The first kappa shape index (κ1) is 13.6. The third kappa shape index (κ3) is 3.80. The van der Waals surface area contributed by atoms with Crippen LogP contribution in [0.3, 0.4) is 0 Å². The van der Waals surface area contributed by atoms with Crippen molar-refractivity contribution in [1.82, 2.24) is 10.3 Å². The fourth-order valence-electron chi connectivity index (χ4n) is 2.03. The van der Waals surface area contributed by atoms with E-state index in [1.165, 1.54) is 5.56 Å². The van der Waals surface area contributed by atoms with Gasteiger partial charge >= 0.3 is 0 Å². The molecular weight excluding hydrogens is 236 g/mol. The SMILES string of the molecule is CCNC(C)c1ccccc1OCc1ccncc1. The molecule has 1 unspecified atom stereocenters. The first-order valence-electron chi connectivity index (χ1n) is 6.65. The van der Waals surface area contributed by atoms with E-state index in [0.29, 0.717) is 12.6 Å². The van der Waals surface area contributed by atoms with Gasteiger partial charge < -0.3 is 10.1 Å². The Morgan fingerprint density at radius 2 is 1.89 bits per heavy atom. The molecule has 0 bridgehead atoms. The van der Waals surface area contributed by atoms with Gasteiger partial charge in [0.25, 0.3) is 0 Å². The predicted octanol–water partition coefficient (Wildman–Crippen LogP) is 3.33. The van der Waals surface area contributed by atoms with Crippen LogP contribution in [0.25, 0.3) is 0 Å². The average Bonchev–Trinajstić information content (AvgIpc) is 2.47. The van der Waals surface area contributed by atoms with Gasteiger partial charge in [-0.1, -0.05) is 25.1 Å². The summed E-state index contributed by atoms with van der Waals surface area (Å²) in [6, 6.07) is 12.4. The zero-order valence-electron chi connectivity index (χ0n) is 11.5. The maximum absolute atomic E-state index is 5.92. The molecule has 0 amide bonds. The minimum absolute atomic E-state index is 0.290. The van der Waals surface area contributed by atoms with Crippen molar-refractivity contribution >= 4 is 0 Å². The molecule has 2 aromatic rings. The summed E-state index contributed by atoms with van der Waals surface area (Å²) in [5.41, 5.74) is 2.32. The van der Waals surface area contributed by atoms with E-state index in [9.17, 15) is 0 Å². The summed E-state index contributed by atoms with van der Waals surface area (Å²) in [6.07, 6.45) is 3.57. The minimum Gasteiger partial charge on any atom is -0.489 e. The van der Waals surface area contributed by atoms with Gasteiger partial charge in [0.05, 0.1) is 0 Å². The lowest BCUT2D eigenvalue weighted by Crippen LogP contribution is -2.18. The Kier molecular flexibility index (Phi) is 4.93. The van der Waals surface area contributed by atoms with Gasteiger partial charge in [0.15, 0.2) is 0 Å². The van der Waals surface area contributed by atoms with E-state index in [1.54, 1.807) is 12.4 Å². The third-order valence-corrected chi connectivity index (χ3v) is 3.04. The monoisotopic (exact) mass is 256 g/mol. The lowest BCUT2D eigenvalue weighted by Gasteiger charge is -2.17. The van der Waals surface area contributed by atoms with Gasteiger partial charge in [-0.2, -0.15) is 0 Å². The van der Waals surface area contributed by atoms with Crippen LogP contribution in [0.4, 0.5) is 0 Å². The van der Waals surface area contributed by atoms with Crippen molar-refractivity contribution in [2.45, 2.75) is 26.5 Å². The van der Waals surface area contributed by atoms with E-state index in [2.05, 4.69) is 30.2 Å². The summed E-state index contributed by atoms with van der Waals surface area (Å²) in [5.74, 6) is 0.938. The second kappa shape index (κ2) is 6.90. The Labute approximate surface area is 114 Å². The van der Waals surface area contributed by atoms with Crippen LogP contribution in [0.1, 0.15) is 31.0 Å². The molecule has 3 heteroatoms. The van der Waals surface area contributed by atoms with Gasteiger partial charge in [-0.25, -0.2) is 0 Å². The second-order valence-corrected chi connectivity index (χ2v) is 4.46. The van der Waals surface area contributed by atoms with E-state index < -0.39 is 0 Å². The van der Waals surface area contributed by atoms with Crippen molar-refractivity contribution in [1.29, 1.82) is 0 Å². The number of hydrogen-bond donors (Lipinski definition) is 1. The van der Waals surface area contributed by atoms with Crippen LogP contribution >= 0.6 is 0 Å². The number of nitrogens with one attached hydrogen (secondary N) is 1. The molecule has 0 saturated heterocycles. The number of ether oxygens (including phenoxy) is 1. The smallest absolute Gasteiger partial charge is 0.124 e. The number of aromatic nitrogens is 1. The van der Waals surface area contributed by atoms with Crippen molar-refractivity contribution in [3.8, 4) is 5.75 Å². The van der Waals surface area contributed by atoms with E-state index in [0.717, 1.165) is 17.9 Å². The van der Waals surface area contributed by atoms with Crippen LogP contribution in [0.2, 0.25) is 0 Å². The van der Waals surface area contributed by atoms with Crippen LogP contribution in [-0.2, 0) is 6.61 Å². The molecule has 0 aliphatic carbocycles. The van der Waals surface area contributed by atoms with Crippen LogP contribution in [0.5, 0.6) is 5.75 Å². The molecule has 0 aliphatic heterocycles. The summed E-state index contributed by atoms with van der Waals surface area (Å²) in [6.45, 7) is 5.77. The molecule has 0 spiro atoms. The maximum Gasteiger partial charge on any atom is 0.124 e. The fourth-order valence-corrected chi connectivity index (χ4v) is 2.03. The van der Waals surface area contributed by atoms with Gasteiger partial charge in [0, 0.05) is 24.0 Å². The second-order valence-electron chi connectivity index (χ2n) is 4.46. The van der Waals surface area contributed by atoms with E-state index in [4.69, 9.17) is 4.74 Å². The Morgan fingerprint density at radius 3 is 2.63 bits per heavy atom. The fraction of sp³-hybridized carbons (Fsp3) is 0.312. The van der Waals surface area contributed by atoms with Crippen LogP contribution in [0.15, 0.2) is 48.8 Å². The van der Waals surface area contributed by atoms with Crippen LogP contribution < -0.4 is 10.1 Å². The molecule has 19 heavy (non-hydrogen) atoms. The van der Waals surface area contributed by atoms with Crippen molar-refractivity contribution in [2.24, 2.45) is 0 Å². The van der Waals surface area contributed by atoms with Gasteiger partial charge in [0.2, 0.25) is 0 Å². The maximum atomic E-state index is 5.92. The van der Waals surface area contributed by atoms with Crippen LogP contribution in [-0.4, -0.2) is 11.5 Å². The van der Waals surface area contributed by atoms with Crippen molar-refractivity contribution in [3.05, 3.63) is 59.9 Å². The quantitative estimate of drug-likeness (QED) is 0.860. The number of hydrogen-bond acceptors (Lipinski definition) is 3. The number of rotatable bonds is 6. The number of nitrogens with zero attached hydrogens (tertiary/aromatic N) is 1. The normalized spacial score (nSPS) is 12.1. The summed E-state index contributed by atoms with van der Waals surface area (Å²) in [4.78, 5) is 4.00. The van der Waals surface area contributed by atoms with Crippen molar-refractivity contribution in [3.63, 3.8) is 0 Å². The van der Waals surface area contributed by atoms with E-state index >= 15 is 0 Å². The molecule has 1 heterocycles. The third-order valence-electron chi connectivity index (χ3n) is 3.04. The number of pyridine rings is 1. The van der Waals surface area contributed by atoms with Crippen LogP contribution in [0, 0.1) is 0 Å². The Balaban J connectivity index is 2.07. The van der Waals surface area contributed by atoms with Gasteiger partial charge in [-0.15, -0.1) is 0 Å². The summed E-state index contributed by atoms with van der Waals surface area (Å²) >= 11 is 0. The van der Waals surface area contributed by atoms with Gasteiger partial charge in [-0.3, -0.25) is 4.98 Å². The molecule has 0 saturated carbocycles. The zero-order chi connectivity index (χ0) is 13.5. The van der Waals surface area contributed by atoms with Crippen molar-refractivity contribution < 1.29 is 4.74 Å². The highest BCUT2D eigenvalue weighted by Crippen LogP contribution is 2.25. The Morgan fingerprint density at radius 1 is 1.16 bits per heavy atom. The Hall–Kier alpha value is -1.87. The number of benzene rings is 1.